The summed E-state index contributed by atoms with van der Waals surface area (Å²) in [4.78, 5) is 135. The number of carboxylic acid groups (broad SMARTS) is 1. The third-order valence-corrected chi connectivity index (χ3v) is 19.1. The van der Waals surface area contributed by atoms with Gasteiger partial charge in [-0.1, -0.05) is 54.6 Å². The minimum absolute atomic E-state index is 0. The van der Waals surface area contributed by atoms with E-state index in [2.05, 4.69) is 128 Å². The van der Waals surface area contributed by atoms with Gasteiger partial charge in [0.05, 0.1) is 11.0 Å². The van der Waals surface area contributed by atoms with Crippen molar-refractivity contribution in [3.05, 3.63) is 231 Å². The molecule has 3 fully saturated rings. The number of halogens is 10. The van der Waals surface area contributed by atoms with Crippen LogP contribution >= 0.6 is 22.6 Å². The first-order chi connectivity index (χ1) is 60.1. The summed E-state index contributed by atoms with van der Waals surface area (Å²) in [6.07, 6.45) is 5.80. The molecule has 0 aliphatic heterocycles. The summed E-state index contributed by atoms with van der Waals surface area (Å²) in [6.45, 7) is 18.0. The highest BCUT2D eigenvalue weighted by atomic mass is 127. The smallest absolute Gasteiger partial charge is 0.483 e. The van der Waals surface area contributed by atoms with Gasteiger partial charge in [-0.3, -0.25) is 19.2 Å². The Balaban J connectivity index is 0.000000391. The van der Waals surface area contributed by atoms with Crippen LogP contribution in [0.15, 0.2) is 189 Å². The van der Waals surface area contributed by atoms with E-state index in [0.29, 0.717) is 30.5 Å². The number of allylic oxidation sites excluding steroid dienone is 2. The fourth-order valence-electron chi connectivity index (χ4n) is 13.4. The van der Waals surface area contributed by atoms with E-state index < -0.39 is 42.6 Å². The van der Waals surface area contributed by atoms with Crippen LogP contribution in [0.1, 0.15) is 169 Å². The van der Waals surface area contributed by atoms with Gasteiger partial charge in [-0.2, -0.15) is 38.4 Å². The van der Waals surface area contributed by atoms with Gasteiger partial charge in [-0.15, -0.1) is 39.5 Å². The standard InChI is InChI=1S/C21H21F3N2O.C21H18F3NO2.C14H15NO.C10H18O5.C9H9N.C7H4F3IO.C5H6O.CH2O2.4CO2.H3N/c1-13-2-9-18-19(14-3-4-15(25)11-14)12-26(20(18)10-13)16-5-7-17(8-6-16)27-21(22,23)24;1-13-2-9-18-19(14-3-6-16(26)11-14)12-25(20(18)10-13)15-4-7-17(8-5-15)27-21(22,23)24;1-9-2-5-12-13(8-15-14(12)6-9)10-3-4-11(16)7-10;1-9(2,3)14-7(11)13-8(12)15-10(4,5)6;1-7-2-3-8-4-5-10-9(8)6-7;8-7(9,10)12-6-3-1-5(11)2-4-6;6-5-3-1-2-4-5;5*2-1-3;/h2,5-10,12,14-15H,3-4,11,25H2,1H3;2,4-5,7-10,12,14H,3,6,11H2,1H3;2,5-6,8,10,15H,3-4,7H2,1H3;1-6H3;2-6,10H,1H3;1-4H;1,3H,2,4H2;1H,(H,2,3);;;;;1H3. The van der Waals surface area contributed by atoms with Crippen molar-refractivity contribution in [1.82, 2.24) is 25.3 Å². The molecular weight excluding hydrogens is 1820 g/mol. The molecule has 0 radical (unpaired) electrons. The Bertz CT molecular complexity index is 5570. The van der Waals surface area contributed by atoms with Gasteiger partial charge >= 0.3 is 56.0 Å². The summed E-state index contributed by atoms with van der Waals surface area (Å²) in [5.41, 5.74) is 19.2. The van der Waals surface area contributed by atoms with Crippen LogP contribution < -0.4 is 26.1 Å². The number of aromatic nitrogens is 4. The second-order valence-corrected chi connectivity index (χ2v) is 31.7. The van der Waals surface area contributed by atoms with E-state index in [1.165, 1.54) is 85.8 Å². The fraction of sp³-hybridized carbons (Fsp3) is 0.326. The van der Waals surface area contributed by atoms with Gasteiger partial charge in [0, 0.05) is 105 Å². The van der Waals surface area contributed by atoms with Crippen LogP contribution in [-0.2, 0) is 71.7 Å². The van der Waals surface area contributed by atoms with Crippen molar-refractivity contribution >= 4 is 127 Å². The zero-order valence-corrected chi connectivity index (χ0v) is 73.8. The molecule has 7 aromatic carbocycles. The quantitative estimate of drug-likeness (QED) is 0.0310. The number of ketones is 3. The number of Topliss-reactive ketones (excluding diaryl/α,β-unsaturated/α-hetero) is 2. The van der Waals surface area contributed by atoms with Crippen LogP contribution in [0.2, 0.25) is 0 Å². The zero-order valence-electron chi connectivity index (χ0n) is 71.6. The molecule has 0 bridgehead atoms. The van der Waals surface area contributed by atoms with E-state index >= 15 is 0 Å². The molecule has 4 heterocycles. The normalized spacial score (nSPS) is 15.0. The molecule has 129 heavy (non-hydrogen) atoms. The highest BCUT2D eigenvalue weighted by Gasteiger charge is 2.35. The number of H-pyrrole nitrogens is 2. The van der Waals surface area contributed by atoms with Crippen molar-refractivity contribution < 1.29 is 140 Å². The predicted octanol–water partition coefficient (Wildman–Crippen LogP) is 21.4. The number of nitrogens with zero attached hydrogens (tertiary/aromatic N) is 2. The largest absolute Gasteiger partial charge is 0.573 e. The molecule has 27 nitrogen and oxygen atoms in total. The Morgan fingerprint density at radius 1 is 0.488 bits per heavy atom. The highest BCUT2D eigenvalue weighted by Crippen LogP contribution is 2.42. The molecule has 37 heteroatoms. The third kappa shape index (κ3) is 40.0. The van der Waals surface area contributed by atoms with Crippen molar-refractivity contribution in [2.24, 2.45) is 5.73 Å². The SMILES string of the molecule is CC(C)(C)OC(=O)OC(=O)OC(C)(C)C.Cc1ccc2c(C3CCC(=O)C3)c[nH]c2c1.Cc1ccc2c(C3CCC(=O)C3)cn(-c3ccc(OC(F)(F)F)cc3)c2c1.Cc1ccc2c(C3CCC(N)C3)cn(-c3ccc(OC(F)(F)F)cc3)c2c1.Cc1ccc2cc[nH]c2c1.FC(F)(F)Oc1ccc(I)cc1.N.O=C1C=CCC1.O=C=O.O=C=O.O=C=O.O=C=O.O=CO. The summed E-state index contributed by atoms with van der Waals surface area (Å²) in [7, 11) is 0. The molecule has 4 unspecified atom stereocenters. The summed E-state index contributed by atoms with van der Waals surface area (Å²) in [5.74, 6) is 1.34. The van der Waals surface area contributed by atoms with Crippen LogP contribution in [0.3, 0.4) is 0 Å². The maximum atomic E-state index is 12.4. The first kappa shape index (κ1) is 110. The first-order valence-electron chi connectivity index (χ1n) is 38.9. The van der Waals surface area contributed by atoms with E-state index in [9.17, 15) is 63.5 Å². The Morgan fingerprint density at radius 3 is 1.21 bits per heavy atom. The van der Waals surface area contributed by atoms with E-state index in [-0.39, 0.29) is 78.0 Å². The maximum Gasteiger partial charge on any atom is 0.573 e. The van der Waals surface area contributed by atoms with Gasteiger partial charge in [0.15, 0.2) is 5.78 Å². The Labute approximate surface area is 747 Å². The molecule has 0 saturated heterocycles. The molecule has 8 N–H and O–H groups in total. The lowest BCUT2D eigenvalue weighted by atomic mass is 9.96. The molecule has 690 valence electrons. The summed E-state index contributed by atoms with van der Waals surface area (Å²) >= 11 is 2.00. The molecule has 4 aliphatic carbocycles. The summed E-state index contributed by atoms with van der Waals surface area (Å²) in [6, 6.07) is 45.1. The molecular formula is C92H96F9IN6O21. The van der Waals surface area contributed by atoms with E-state index in [0.717, 1.165) is 106 Å². The number of nitrogens with two attached hydrogens (primary N) is 1. The fourth-order valence-corrected chi connectivity index (χ4v) is 13.8. The van der Waals surface area contributed by atoms with Crippen molar-refractivity contribution in [1.29, 1.82) is 0 Å². The molecule has 0 amide bonds. The molecule has 4 aliphatic rings. The number of carbonyl (C=O) groups excluding carboxylic acids is 13. The van der Waals surface area contributed by atoms with Crippen molar-refractivity contribution in [3.8, 4) is 28.6 Å². The molecule has 4 aromatic heterocycles. The van der Waals surface area contributed by atoms with E-state index in [4.69, 9.17) is 63.5 Å². The van der Waals surface area contributed by atoms with Gasteiger partial charge in [0.25, 0.3) is 6.47 Å². The number of alkyl halides is 9. The van der Waals surface area contributed by atoms with Crippen LogP contribution in [0.4, 0.5) is 49.1 Å². The number of benzene rings is 7. The second-order valence-electron chi connectivity index (χ2n) is 30.5. The molecule has 15 rings (SSSR count). The zero-order chi connectivity index (χ0) is 95.9. The summed E-state index contributed by atoms with van der Waals surface area (Å²) in [5, 5.41) is 11.7. The van der Waals surface area contributed by atoms with Crippen molar-refractivity contribution in [2.45, 2.75) is 194 Å². The van der Waals surface area contributed by atoms with E-state index in [1.54, 1.807) is 84.0 Å². The third-order valence-electron chi connectivity index (χ3n) is 18.4. The first-order valence-corrected chi connectivity index (χ1v) is 40.0. The van der Waals surface area contributed by atoms with Crippen LogP contribution in [-0.4, -0.2) is 121 Å². The topological polar surface area (TPSA) is 417 Å². The highest BCUT2D eigenvalue weighted by molar-refractivity contribution is 14.1. The van der Waals surface area contributed by atoms with Crippen LogP contribution in [0.5, 0.6) is 17.2 Å². The predicted molar refractivity (Wildman–Crippen MR) is 460 cm³/mol. The van der Waals surface area contributed by atoms with Crippen LogP contribution in [0.25, 0.3) is 55.0 Å². The minimum Gasteiger partial charge on any atom is -0.483 e. The number of carbonyl (C=O) groups is 6. The maximum absolute atomic E-state index is 12.4. The minimum atomic E-state index is -4.71. The van der Waals surface area contributed by atoms with Gasteiger partial charge in [-0.25, -0.2) is 9.59 Å². The molecule has 3 saturated carbocycles. The number of hydrogen-bond donors (Lipinski definition) is 5. The lowest BCUT2D eigenvalue weighted by Gasteiger charge is -2.20. The number of aryl methyl sites for hydroxylation is 4. The number of aromatic amines is 2. The second kappa shape index (κ2) is 52.6. The van der Waals surface area contributed by atoms with Gasteiger partial charge < -0.3 is 64.5 Å². The van der Waals surface area contributed by atoms with Gasteiger partial charge in [-0.05, 0) is 302 Å². The lowest BCUT2D eigenvalue weighted by Crippen LogP contribution is -2.29. The molecule has 11 aromatic rings. The lowest BCUT2D eigenvalue weighted by molar-refractivity contribution is -0.275. The number of hydrogen-bond acceptors (Lipinski definition) is 22. The molecule has 4 atom stereocenters. The molecule has 0 spiro atoms. The summed E-state index contributed by atoms with van der Waals surface area (Å²) < 4.78 is 139. The number of nitrogens with one attached hydrogen (secondary N) is 2. The van der Waals surface area contributed by atoms with Gasteiger partial charge in [0.2, 0.25) is 0 Å². The van der Waals surface area contributed by atoms with Gasteiger partial charge in [0.1, 0.15) is 40.0 Å². The number of ether oxygens (including phenoxy) is 6. The Hall–Kier alpha value is -13.4. The van der Waals surface area contributed by atoms with Crippen molar-refractivity contribution in [3.63, 3.8) is 0 Å². The number of fused-ring (bicyclic) bond motifs is 4. The average molecular weight is 1920 g/mol. The Morgan fingerprint density at radius 2 is 0.860 bits per heavy atom. The van der Waals surface area contributed by atoms with Crippen LogP contribution in [0, 0.1) is 31.3 Å². The monoisotopic (exact) mass is 1920 g/mol. The van der Waals surface area contributed by atoms with Crippen molar-refractivity contribution in [2.75, 3.05) is 0 Å². The number of rotatable bonds is 8. The Kier molecular flexibility index (Phi) is 44.8. The average Bonchev–Trinajstić information content (AvgIpc) is 1.62. The van der Waals surface area contributed by atoms with E-state index in [1.807, 2.05) is 70.1 Å².